The third-order valence-corrected chi connectivity index (χ3v) is 5.05. The Bertz CT molecular complexity index is 761. The second kappa shape index (κ2) is 7.26. The SMILES string of the molecule is COc1ccc(CCC(=O)N2CCCc3c(N)cccc32)cc1Br. The summed E-state index contributed by atoms with van der Waals surface area (Å²) in [7, 11) is 1.64. The van der Waals surface area contributed by atoms with E-state index in [-0.39, 0.29) is 5.91 Å². The zero-order valence-electron chi connectivity index (χ0n) is 13.7. The van der Waals surface area contributed by atoms with Crippen LogP contribution in [-0.2, 0) is 17.6 Å². The lowest BCUT2D eigenvalue weighted by molar-refractivity contribution is -0.118. The number of aryl methyl sites for hydroxylation is 1. The maximum absolute atomic E-state index is 12.7. The summed E-state index contributed by atoms with van der Waals surface area (Å²) in [5, 5.41) is 0. The minimum absolute atomic E-state index is 0.147. The number of nitrogens with zero attached hydrogens (tertiary/aromatic N) is 1. The van der Waals surface area contributed by atoms with Crippen LogP contribution in [0.4, 0.5) is 11.4 Å². The summed E-state index contributed by atoms with van der Waals surface area (Å²) in [4.78, 5) is 14.6. The Morgan fingerprint density at radius 3 is 2.92 bits per heavy atom. The lowest BCUT2D eigenvalue weighted by Gasteiger charge is -2.30. The van der Waals surface area contributed by atoms with Gasteiger partial charge < -0.3 is 15.4 Å². The molecule has 1 amide bonds. The Morgan fingerprint density at radius 1 is 1.33 bits per heavy atom. The first-order valence-electron chi connectivity index (χ1n) is 8.10. The van der Waals surface area contributed by atoms with Crippen LogP contribution in [0, 0.1) is 0 Å². The highest BCUT2D eigenvalue weighted by Gasteiger charge is 2.23. The van der Waals surface area contributed by atoms with Crippen molar-refractivity contribution < 1.29 is 9.53 Å². The van der Waals surface area contributed by atoms with E-state index in [1.807, 2.05) is 41.3 Å². The van der Waals surface area contributed by atoms with Crippen molar-refractivity contribution in [1.82, 2.24) is 0 Å². The number of carbonyl (C=O) groups is 1. The quantitative estimate of drug-likeness (QED) is 0.806. The Kier molecular flexibility index (Phi) is 5.09. The van der Waals surface area contributed by atoms with Crippen molar-refractivity contribution in [2.75, 3.05) is 24.3 Å². The van der Waals surface area contributed by atoms with Gasteiger partial charge in [-0.2, -0.15) is 0 Å². The molecule has 0 atom stereocenters. The van der Waals surface area contributed by atoms with Crippen LogP contribution in [0.2, 0.25) is 0 Å². The van der Waals surface area contributed by atoms with Crippen LogP contribution in [-0.4, -0.2) is 19.6 Å². The lowest BCUT2D eigenvalue weighted by Crippen LogP contribution is -2.35. The van der Waals surface area contributed by atoms with Crippen LogP contribution < -0.4 is 15.4 Å². The summed E-state index contributed by atoms with van der Waals surface area (Å²) < 4.78 is 6.15. The molecule has 4 nitrogen and oxygen atoms in total. The first-order valence-corrected chi connectivity index (χ1v) is 8.89. The number of amides is 1. The Hall–Kier alpha value is -2.01. The number of halogens is 1. The summed E-state index contributed by atoms with van der Waals surface area (Å²) in [6.45, 7) is 0.765. The highest BCUT2D eigenvalue weighted by atomic mass is 79.9. The number of ether oxygens (including phenoxy) is 1. The second-order valence-electron chi connectivity index (χ2n) is 5.96. The minimum Gasteiger partial charge on any atom is -0.496 e. The number of rotatable bonds is 4. The highest BCUT2D eigenvalue weighted by Crippen LogP contribution is 2.32. The molecular weight excluding hydrogens is 368 g/mol. The summed E-state index contributed by atoms with van der Waals surface area (Å²) in [6, 6.07) is 11.7. The monoisotopic (exact) mass is 388 g/mol. The van der Waals surface area contributed by atoms with Crippen molar-refractivity contribution in [2.45, 2.75) is 25.7 Å². The highest BCUT2D eigenvalue weighted by molar-refractivity contribution is 9.10. The fourth-order valence-corrected chi connectivity index (χ4v) is 3.75. The minimum atomic E-state index is 0.147. The molecule has 0 saturated heterocycles. The Labute approximate surface area is 150 Å². The van der Waals surface area contributed by atoms with E-state index < -0.39 is 0 Å². The van der Waals surface area contributed by atoms with Crippen molar-refractivity contribution >= 4 is 33.2 Å². The molecule has 2 aromatic carbocycles. The fourth-order valence-electron chi connectivity index (χ4n) is 3.16. The molecule has 3 rings (SSSR count). The number of benzene rings is 2. The van der Waals surface area contributed by atoms with Gasteiger partial charge in [0.15, 0.2) is 0 Å². The van der Waals surface area contributed by atoms with Crippen molar-refractivity contribution in [3.05, 3.63) is 52.0 Å². The van der Waals surface area contributed by atoms with Gasteiger partial charge in [-0.05, 0) is 70.6 Å². The Morgan fingerprint density at radius 2 is 2.17 bits per heavy atom. The third kappa shape index (κ3) is 3.41. The van der Waals surface area contributed by atoms with Gasteiger partial charge in [0.1, 0.15) is 5.75 Å². The normalized spacial score (nSPS) is 13.5. The van der Waals surface area contributed by atoms with Crippen molar-refractivity contribution in [3.63, 3.8) is 0 Å². The van der Waals surface area contributed by atoms with Gasteiger partial charge in [0.2, 0.25) is 5.91 Å². The fraction of sp³-hybridized carbons (Fsp3) is 0.316. The third-order valence-electron chi connectivity index (χ3n) is 4.43. The van der Waals surface area contributed by atoms with Crippen LogP contribution in [0.3, 0.4) is 0 Å². The molecule has 126 valence electrons. The molecule has 1 heterocycles. The Balaban J connectivity index is 1.70. The molecule has 2 aromatic rings. The average Bonchev–Trinajstić information content (AvgIpc) is 2.60. The smallest absolute Gasteiger partial charge is 0.227 e. The molecule has 0 saturated carbocycles. The number of nitrogens with two attached hydrogens (primary N) is 1. The van der Waals surface area contributed by atoms with Gasteiger partial charge in [-0.3, -0.25) is 4.79 Å². The first-order chi connectivity index (χ1) is 11.6. The van der Waals surface area contributed by atoms with Crippen molar-refractivity contribution in [1.29, 1.82) is 0 Å². The molecule has 5 heteroatoms. The molecule has 0 bridgehead atoms. The van der Waals surface area contributed by atoms with Gasteiger partial charge in [-0.15, -0.1) is 0 Å². The van der Waals surface area contributed by atoms with E-state index in [0.717, 1.165) is 52.1 Å². The molecule has 1 aliphatic rings. The number of hydrogen-bond acceptors (Lipinski definition) is 3. The number of hydrogen-bond donors (Lipinski definition) is 1. The number of anilines is 2. The average molecular weight is 389 g/mol. The topological polar surface area (TPSA) is 55.6 Å². The number of fused-ring (bicyclic) bond motifs is 1. The zero-order chi connectivity index (χ0) is 17.1. The molecule has 0 fully saturated rings. The predicted octanol–water partition coefficient (Wildman–Crippen LogP) is 3.95. The molecule has 1 aliphatic heterocycles. The van der Waals surface area contributed by atoms with E-state index in [0.29, 0.717) is 12.8 Å². The summed E-state index contributed by atoms with van der Waals surface area (Å²) >= 11 is 3.49. The van der Waals surface area contributed by atoms with E-state index in [1.165, 1.54) is 0 Å². The van der Waals surface area contributed by atoms with Gasteiger partial charge in [-0.1, -0.05) is 12.1 Å². The van der Waals surface area contributed by atoms with E-state index in [2.05, 4.69) is 15.9 Å². The van der Waals surface area contributed by atoms with E-state index in [4.69, 9.17) is 10.5 Å². The second-order valence-corrected chi connectivity index (χ2v) is 6.82. The maximum atomic E-state index is 12.7. The van der Waals surface area contributed by atoms with Crippen LogP contribution in [0.5, 0.6) is 5.75 Å². The van der Waals surface area contributed by atoms with E-state index >= 15 is 0 Å². The largest absolute Gasteiger partial charge is 0.496 e. The summed E-state index contributed by atoms with van der Waals surface area (Å²) in [5.74, 6) is 0.944. The molecule has 0 radical (unpaired) electrons. The van der Waals surface area contributed by atoms with Gasteiger partial charge in [0.25, 0.3) is 0 Å². The predicted molar refractivity (Wildman–Crippen MR) is 101 cm³/mol. The summed E-state index contributed by atoms with van der Waals surface area (Å²) in [6.07, 6.45) is 3.08. The molecule has 2 N–H and O–H groups in total. The van der Waals surface area contributed by atoms with E-state index in [9.17, 15) is 4.79 Å². The van der Waals surface area contributed by atoms with Crippen LogP contribution in [0.15, 0.2) is 40.9 Å². The van der Waals surface area contributed by atoms with Crippen molar-refractivity contribution in [2.24, 2.45) is 0 Å². The standard InChI is InChI=1S/C19H21BrN2O2/c1-24-18-9-7-13(12-15(18)20)8-10-19(23)22-11-3-4-14-16(21)5-2-6-17(14)22/h2,5-7,9,12H,3-4,8,10-11,21H2,1H3. The number of carbonyl (C=O) groups excluding carboxylic acids is 1. The van der Waals surface area contributed by atoms with Gasteiger partial charge >= 0.3 is 0 Å². The van der Waals surface area contributed by atoms with E-state index in [1.54, 1.807) is 7.11 Å². The molecule has 0 aromatic heterocycles. The molecule has 0 aliphatic carbocycles. The van der Waals surface area contributed by atoms with Gasteiger partial charge in [0.05, 0.1) is 11.6 Å². The summed E-state index contributed by atoms with van der Waals surface area (Å²) in [5.41, 5.74) is 10.0. The van der Waals surface area contributed by atoms with Crippen LogP contribution in [0.1, 0.15) is 24.0 Å². The number of nitrogen functional groups attached to an aromatic ring is 1. The van der Waals surface area contributed by atoms with Crippen molar-refractivity contribution in [3.8, 4) is 5.75 Å². The van der Waals surface area contributed by atoms with Crippen LogP contribution in [0.25, 0.3) is 0 Å². The van der Waals surface area contributed by atoms with Gasteiger partial charge in [-0.25, -0.2) is 0 Å². The molecular formula is C19H21BrN2O2. The van der Waals surface area contributed by atoms with Crippen LogP contribution >= 0.6 is 15.9 Å². The number of methoxy groups -OCH3 is 1. The molecule has 0 spiro atoms. The van der Waals surface area contributed by atoms with Gasteiger partial charge in [0, 0.05) is 24.3 Å². The maximum Gasteiger partial charge on any atom is 0.227 e. The lowest BCUT2D eigenvalue weighted by atomic mass is 9.99. The molecule has 24 heavy (non-hydrogen) atoms. The zero-order valence-corrected chi connectivity index (χ0v) is 15.3. The first kappa shape index (κ1) is 16.8. The molecule has 0 unspecified atom stereocenters.